The van der Waals surface area contributed by atoms with Gasteiger partial charge in [-0.25, -0.2) is 4.98 Å². The first-order chi connectivity index (χ1) is 16.2. The summed E-state index contributed by atoms with van der Waals surface area (Å²) in [6.07, 6.45) is 4.67. The number of para-hydroxylation sites is 1. The SMILES string of the molecule is CCOc1ccccc1-c1noc(C2CCCN2C(=O)c2nc(C)ccc2-n2nccn2)n1. The molecule has 10 heteroatoms. The Bertz CT molecular complexity index is 1270. The number of amides is 1. The molecule has 1 amide bonds. The predicted molar refractivity (Wildman–Crippen MR) is 118 cm³/mol. The summed E-state index contributed by atoms with van der Waals surface area (Å²) in [5, 5.41) is 12.5. The molecule has 1 unspecified atom stereocenters. The Hall–Kier alpha value is -4.08. The lowest BCUT2D eigenvalue weighted by atomic mass is 10.1. The third kappa shape index (κ3) is 3.95. The zero-order valence-electron chi connectivity index (χ0n) is 18.4. The van der Waals surface area contributed by atoms with Crippen LogP contribution in [0, 0.1) is 6.92 Å². The van der Waals surface area contributed by atoms with E-state index in [2.05, 4.69) is 25.3 Å². The molecular weight excluding hydrogens is 422 g/mol. The largest absolute Gasteiger partial charge is 0.493 e. The van der Waals surface area contributed by atoms with E-state index in [-0.39, 0.29) is 11.9 Å². The van der Waals surface area contributed by atoms with Crippen molar-refractivity contribution in [1.29, 1.82) is 0 Å². The normalized spacial score (nSPS) is 15.7. The average molecular weight is 445 g/mol. The van der Waals surface area contributed by atoms with E-state index in [9.17, 15) is 4.79 Å². The third-order valence-electron chi connectivity index (χ3n) is 5.52. The van der Waals surface area contributed by atoms with Gasteiger partial charge >= 0.3 is 0 Å². The van der Waals surface area contributed by atoms with Gasteiger partial charge in [0.1, 0.15) is 17.5 Å². The molecular formula is C23H23N7O3. The molecule has 0 radical (unpaired) electrons. The summed E-state index contributed by atoms with van der Waals surface area (Å²) in [5.74, 6) is 1.30. The molecule has 1 fully saturated rings. The number of pyridine rings is 1. The minimum absolute atomic E-state index is 0.219. The second kappa shape index (κ2) is 8.81. The number of aryl methyl sites for hydroxylation is 1. The molecule has 4 heterocycles. The van der Waals surface area contributed by atoms with Crippen LogP contribution in [0.2, 0.25) is 0 Å². The molecule has 0 saturated carbocycles. The highest BCUT2D eigenvalue weighted by Crippen LogP contribution is 2.35. The van der Waals surface area contributed by atoms with Gasteiger partial charge in [0, 0.05) is 12.2 Å². The first-order valence-corrected chi connectivity index (χ1v) is 10.9. The van der Waals surface area contributed by atoms with E-state index in [1.165, 1.54) is 4.80 Å². The lowest BCUT2D eigenvalue weighted by molar-refractivity contribution is 0.0703. The third-order valence-corrected chi connectivity index (χ3v) is 5.52. The van der Waals surface area contributed by atoms with Crippen molar-refractivity contribution in [3.05, 3.63) is 66.1 Å². The van der Waals surface area contributed by atoms with Crippen LogP contribution in [-0.4, -0.2) is 54.1 Å². The lowest BCUT2D eigenvalue weighted by Gasteiger charge is -2.22. The van der Waals surface area contributed by atoms with E-state index < -0.39 is 0 Å². The average Bonchev–Trinajstić information content (AvgIpc) is 3.60. The number of ether oxygens (including phenoxy) is 1. The highest BCUT2D eigenvalue weighted by Gasteiger charge is 2.36. The molecule has 168 valence electrons. The summed E-state index contributed by atoms with van der Waals surface area (Å²) in [5.41, 5.74) is 2.30. The van der Waals surface area contributed by atoms with Crippen LogP contribution in [0.4, 0.5) is 0 Å². The Kier molecular flexibility index (Phi) is 5.55. The molecule has 1 aromatic carbocycles. The van der Waals surface area contributed by atoms with Gasteiger partial charge in [0.25, 0.3) is 5.91 Å². The molecule has 1 aliphatic heterocycles. The van der Waals surface area contributed by atoms with Crippen LogP contribution >= 0.6 is 0 Å². The molecule has 3 aromatic heterocycles. The van der Waals surface area contributed by atoms with Gasteiger partial charge in [-0.3, -0.25) is 4.79 Å². The molecule has 1 saturated heterocycles. The van der Waals surface area contributed by atoms with E-state index in [0.717, 1.165) is 24.1 Å². The standard InChI is InChI=1S/C23H23N7O3/c1-3-32-19-9-5-4-7-16(19)21-27-22(33-28-21)18-8-6-14-29(18)23(31)20-17(11-10-15(2)26-20)30-24-12-13-25-30/h4-5,7,9-13,18H,3,6,8,14H2,1-2H3. The Labute approximate surface area is 190 Å². The molecule has 1 atom stereocenters. The van der Waals surface area contributed by atoms with Gasteiger partial charge in [-0.15, -0.1) is 4.80 Å². The lowest BCUT2D eigenvalue weighted by Crippen LogP contribution is -2.32. The van der Waals surface area contributed by atoms with Crippen LogP contribution in [0.15, 0.2) is 53.3 Å². The van der Waals surface area contributed by atoms with Gasteiger partial charge in [-0.05, 0) is 51.0 Å². The molecule has 1 aliphatic rings. The fourth-order valence-electron chi connectivity index (χ4n) is 4.02. The van der Waals surface area contributed by atoms with E-state index in [4.69, 9.17) is 9.26 Å². The number of rotatable bonds is 6. The second-order valence-corrected chi connectivity index (χ2v) is 7.68. The zero-order chi connectivity index (χ0) is 22.8. The van der Waals surface area contributed by atoms with Crippen molar-refractivity contribution in [2.45, 2.75) is 32.7 Å². The zero-order valence-corrected chi connectivity index (χ0v) is 18.4. The van der Waals surface area contributed by atoms with Crippen molar-refractivity contribution in [2.75, 3.05) is 13.2 Å². The predicted octanol–water partition coefficient (Wildman–Crippen LogP) is 3.40. The molecule has 0 N–H and O–H groups in total. The Morgan fingerprint density at radius 2 is 1.97 bits per heavy atom. The van der Waals surface area contributed by atoms with Crippen LogP contribution in [0.3, 0.4) is 0 Å². The minimum atomic E-state index is -0.334. The summed E-state index contributed by atoms with van der Waals surface area (Å²) in [4.78, 5) is 25.9. The van der Waals surface area contributed by atoms with Crippen molar-refractivity contribution in [1.82, 2.24) is 35.0 Å². The van der Waals surface area contributed by atoms with Gasteiger partial charge in [0.05, 0.1) is 24.6 Å². The van der Waals surface area contributed by atoms with E-state index >= 15 is 0 Å². The van der Waals surface area contributed by atoms with Crippen LogP contribution in [0.1, 0.15) is 47.9 Å². The quantitative estimate of drug-likeness (QED) is 0.444. The maximum atomic E-state index is 13.6. The van der Waals surface area contributed by atoms with Crippen LogP contribution in [-0.2, 0) is 0 Å². The number of carbonyl (C=O) groups is 1. The van der Waals surface area contributed by atoms with Crippen molar-refractivity contribution >= 4 is 5.91 Å². The number of benzene rings is 1. The van der Waals surface area contributed by atoms with Gasteiger partial charge in [0.15, 0.2) is 5.69 Å². The van der Waals surface area contributed by atoms with E-state index in [1.807, 2.05) is 44.2 Å². The maximum absolute atomic E-state index is 13.6. The topological polar surface area (TPSA) is 112 Å². The van der Waals surface area contributed by atoms with E-state index in [0.29, 0.717) is 42.0 Å². The first-order valence-electron chi connectivity index (χ1n) is 10.9. The van der Waals surface area contributed by atoms with E-state index in [1.54, 1.807) is 23.4 Å². The van der Waals surface area contributed by atoms with Gasteiger partial charge < -0.3 is 14.2 Å². The highest BCUT2D eigenvalue weighted by atomic mass is 16.5. The van der Waals surface area contributed by atoms with Crippen molar-refractivity contribution in [3.63, 3.8) is 0 Å². The van der Waals surface area contributed by atoms with Gasteiger partial charge in [-0.1, -0.05) is 17.3 Å². The Morgan fingerprint density at radius 1 is 1.15 bits per heavy atom. The highest BCUT2D eigenvalue weighted by molar-refractivity contribution is 5.96. The number of hydrogen-bond donors (Lipinski definition) is 0. The van der Waals surface area contributed by atoms with Crippen molar-refractivity contribution < 1.29 is 14.1 Å². The van der Waals surface area contributed by atoms with Crippen molar-refractivity contribution in [3.8, 4) is 22.8 Å². The number of hydrogen-bond acceptors (Lipinski definition) is 8. The second-order valence-electron chi connectivity index (χ2n) is 7.68. The van der Waals surface area contributed by atoms with Crippen LogP contribution in [0.25, 0.3) is 17.1 Å². The fourth-order valence-corrected chi connectivity index (χ4v) is 4.02. The summed E-state index contributed by atoms with van der Waals surface area (Å²) < 4.78 is 11.3. The van der Waals surface area contributed by atoms with Crippen LogP contribution < -0.4 is 4.74 Å². The molecule has 10 nitrogen and oxygen atoms in total. The molecule has 5 rings (SSSR count). The summed E-state index contributed by atoms with van der Waals surface area (Å²) in [7, 11) is 0. The number of nitrogens with zero attached hydrogens (tertiary/aromatic N) is 7. The van der Waals surface area contributed by atoms with Gasteiger partial charge in [-0.2, -0.15) is 15.2 Å². The maximum Gasteiger partial charge on any atom is 0.275 e. The monoisotopic (exact) mass is 445 g/mol. The summed E-state index contributed by atoms with van der Waals surface area (Å²) in [6, 6.07) is 10.8. The van der Waals surface area contributed by atoms with Crippen molar-refractivity contribution in [2.24, 2.45) is 0 Å². The molecule has 0 bridgehead atoms. The smallest absolute Gasteiger partial charge is 0.275 e. The summed E-state index contributed by atoms with van der Waals surface area (Å²) in [6.45, 7) is 4.87. The van der Waals surface area contributed by atoms with Gasteiger partial charge in [0.2, 0.25) is 11.7 Å². The molecule has 0 spiro atoms. The Balaban J connectivity index is 1.46. The number of carbonyl (C=O) groups excluding carboxylic acids is 1. The molecule has 0 aliphatic carbocycles. The number of likely N-dealkylation sites (tertiary alicyclic amines) is 1. The van der Waals surface area contributed by atoms with Crippen LogP contribution in [0.5, 0.6) is 5.75 Å². The Morgan fingerprint density at radius 3 is 2.79 bits per heavy atom. The first kappa shape index (κ1) is 20.8. The fraction of sp³-hybridized carbons (Fsp3) is 0.304. The molecule has 4 aromatic rings. The minimum Gasteiger partial charge on any atom is -0.493 e. The number of aromatic nitrogens is 6. The molecule has 33 heavy (non-hydrogen) atoms. The summed E-state index contributed by atoms with van der Waals surface area (Å²) >= 11 is 0.